The van der Waals surface area contributed by atoms with Crippen LogP contribution in [-0.2, 0) is 6.61 Å². The van der Waals surface area contributed by atoms with Crippen molar-refractivity contribution in [3.63, 3.8) is 0 Å². The molecule has 0 amide bonds. The summed E-state index contributed by atoms with van der Waals surface area (Å²) < 4.78 is 20.2. The van der Waals surface area contributed by atoms with Gasteiger partial charge in [0.2, 0.25) is 0 Å². The molecule has 2 aromatic carbocycles. The van der Waals surface area contributed by atoms with E-state index in [1.165, 1.54) is 18.2 Å². The largest absolute Gasteiger partial charge is 0.488 e. The number of nitrogens with zero attached hydrogens (tertiary/aromatic N) is 1. The lowest BCUT2D eigenvalue weighted by Crippen LogP contribution is -2.02. The van der Waals surface area contributed by atoms with Crippen LogP contribution >= 0.6 is 15.9 Å². The van der Waals surface area contributed by atoms with E-state index in [4.69, 9.17) is 4.74 Å². The molecule has 30 heavy (non-hydrogen) atoms. The van der Waals surface area contributed by atoms with Gasteiger partial charge < -0.3 is 9.84 Å². The maximum Gasteiger partial charge on any atom is 0.354 e. The molecule has 1 aliphatic carbocycles. The molecule has 0 atom stereocenters. The number of carboxylic acids is 1. The molecule has 3 aromatic rings. The van der Waals surface area contributed by atoms with Crippen LogP contribution in [0.15, 0.2) is 65.1 Å². The van der Waals surface area contributed by atoms with Crippen LogP contribution in [-0.4, -0.2) is 16.1 Å². The summed E-state index contributed by atoms with van der Waals surface area (Å²) in [6, 6.07) is 17.2. The molecule has 0 saturated carbocycles. The van der Waals surface area contributed by atoms with Crippen LogP contribution in [0.4, 0.5) is 4.39 Å². The number of carboxylic acid groups (broad SMARTS) is 1. The van der Waals surface area contributed by atoms with E-state index in [0.29, 0.717) is 12.3 Å². The van der Waals surface area contributed by atoms with Gasteiger partial charge in [-0.25, -0.2) is 14.2 Å². The SMILES string of the molecule is O=C(O)c1cccc(C2=C(c3cc(Br)ccc3OCc3ccc(F)cc3)CCC2)n1. The van der Waals surface area contributed by atoms with Gasteiger partial charge in [-0.2, -0.15) is 0 Å². The second-order valence-corrected chi connectivity index (χ2v) is 8.00. The lowest BCUT2D eigenvalue weighted by Gasteiger charge is -2.15. The van der Waals surface area contributed by atoms with Crippen LogP contribution in [0.3, 0.4) is 0 Å². The third-order valence-corrected chi connectivity index (χ3v) is 5.56. The van der Waals surface area contributed by atoms with Crippen LogP contribution < -0.4 is 4.74 Å². The van der Waals surface area contributed by atoms with Gasteiger partial charge in [0.25, 0.3) is 0 Å². The highest BCUT2D eigenvalue weighted by molar-refractivity contribution is 9.10. The van der Waals surface area contributed by atoms with Crippen molar-refractivity contribution in [2.75, 3.05) is 0 Å². The highest BCUT2D eigenvalue weighted by Crippen LogP contribution is 2.43. The fourth-order valence-corrected chi connectivity index (χ4v) is 4.01. The predicted molar refractivity (Wildman–Crippen MR) is 117 cm³/mol. The fraction of sp³-hybridized carbons (Fsp3) is 0.167. The van der Waals surface area contributed by atoms with Crippen molar-refractivity contribution in [3.05, 3.63) is 93.5 Å². The number of hydrogen-bond donors (Lipinski definition) is 1. The highest BCUT2D eigenvalue weighted by Gasteiger charge is 2.22. The van der Waals surface area contributed by atoms with Crippen molar-refractivity contribution >= 4 is 33.0 Å². The maximum atomic E-state index is 13.2. The van der Waals surface area contributed by atoms with E-state index < -0.39 is 5.97 Å². The number of carbonyl (C=O) groups is 1. The van der Waals surface area contributed by atoms with Gasteiger partial charge in [0.15, 0.2) is 0 Å². The van der Waals surface area contributed by atoms with Crippen molar-refractivity contribution in [2.24, 2.45) is 0 Å². The third-order valence-electron chi connectivity index (χ3n) is 5.07. The minimum absolute atomic E-state index is 0.0354. The first-order chi connectivity index (χ1) is 14.5. The second kappa shape index (κ2) is 8.79. The number of benzene rings is 2. The van der Waals surface area contributed by atoms with Crippen molar-refractivity contribution in [1.82, 2.24) is 4.98 Å². The molecule has 0 saturated heterocycles. The Labute approximate surface area is 182 Å². The van der Waals surface area contributed by atoms with Crippen molar-refractivity contribution < 1.29 is 19.0 Å². The summed E-state index contributed by atoms with van der Waals surface area (Å²) in [7, 11) is 0. The number of hydrogen-bond acceptors (Lipinski definition) is 3. The van der Waals surface area contributed by atoms with Gasteiger partial charge in [-0.05, 0) is 78.4 Å². The van der Waals surface area contributed by atoms with Gasteiger partial charge >= 0.3 is 5.97 Å². The molecule has 1 heterocycles. The number of ether oxygens (including phenoxy) is 1. The monoisotopic (exact) mass is 467 g/mol. The van der Waals surface area contributed by atoms with Gasteiger partial charge in [0, 0.05) is 10.0 Å². The molecular weight excluding hydrogens is 449 g/mol. The fourth-order valence-electron chi connectivity index (χ4n) is 3.65. The van der Waals surface area contributed by atoms with E-state index in [9.17, 15) is 14.3 Å². The number of allylic oxidation sites excluding steroid dienone is 2. The summed E-state index contributed by atoms with van der Waals surface area (Å²) in [5, 5.41) is 9.28. The molecule has 0 spiro atoms. The molecule has 4 nitrogen and oxygen atoms in total. The number of rotatable bonds is 6. The molecule has 0 fully saturated rings. The van der Waals surface area contributed by atoms with Crippen LogP contribution in [0.1, 0.15) is 46.6 Å². The second-order valence-electron chi connectivity index (χ2n) is 7.08. The molecule has 6 heteroatoms. The van der Waals surface area contributed by atoms with Crippen LogP contribution in [0, 0.1) is 5.82 Å². The normalized spacial score (nSPS) is 13.5. The summed E-state index contributed by atoms with van der Waals surface area (Å²) >= 11 is 3.54. The van der Waals surface area contributed by atoms with E-state index in [2.05, 4.69) is 20.9 Å². The molecule has 1 aromatic heterocycles. The lowest BCUT2D eigenvalue weighted by molar-refractivity contribution is 0.0690. The molecule has 4 rings (SSSR count). The first-order valence-corrected chi connectivity index (χ1v) is 10.4. The first-order valence-electron chi connectivity index (χ1n) is 9.61. The molecule has 1 N–H and O–H groups in total. The lowest BCUT2D eigenvalue weighted by atomic mass is 9.99. The summed E-state index contributed by atoms with van der Waals surface area (Å²) in [5.74, 6) is -0.589. The van der Waals surface area contributed by atoms with Gasteiger partial charge in [-0.15, -0.1) is 0 Å². The molecule has 0 radical (unpaired) electrons. The topological polar surface area (TPSA) is 59.4 Å². The van der Waals surface area contributed by atoms with E-state index in [1.54, 1.807) is 18.2 Å². The van der Waals surface area contributed by atoms with Crippen molar-refractivity contribution in [1.29, 1.82) is 0 Å². The van der Waals surface area contributed by atoms with Gasteiger partial charge in [0.05, 0.1) is 5.69 Å². The first kappa shape index (κ1) is 20.3. The molecule has 152 valence electrons. The number of aromatic carboxylic acids is 1. The number of aromatic nitrogens is 1. The van der Waals surface area contributed by atoms with Gasteiger partial charge in [0.1, 0.15) is 23.9 Å². The summed E-state index contributed by atoms with van der Waals surface area (Å²) in [6.45, 7) is 0.324. The smallest absolute Gasteiger partial charge is 0.354 e. The zero-order valence-corrected chi connectivity index (χ0v) is 17.7. The minimum Gasteiger partial charge on any atom is -0.488 e. The van der Waals surface area contributed by atoms with Crippen molar-refractivity contribution in [2.45, 2.75) is 25.9 Å². The summed E-state index contributed by atoms with van der Waals surface area (Å²) in [5.41, 5.74) is 4.71. The van der Waals surface area contributed by atoms with Crippen LogP contribution in [0.5, 0.6) is 5.75 Å². The Morgan fingerprint density at radius 3 is 2.60 bits per heavy atom. The zero-order chi connectivity index (χ0) is 21.1. The minimum atomic E-state index is -1.04. The number of halogens is 2. The van der Waals surface area contributed by atoms with E-state index in [0.717, 1.165) is 51.8 Å². The Kier molecular flexibility index (Phi) is 5.95. The Bertz CT molecular complexity index is 1130. The molecule has 1 aliphatic rings. The van der Waals surface area contributed by atoms with Gasteiger partial charge in [-0.1, -0.05) is 34.1 Å². The maximum absolute atomic E-state index is 13.2. The third kappa shape index (κ3) is 4.44. The predicted octanol–water partition coefficient (Wildman–Crippen LogP) is 6.36. The average Bonchev–Trinajstić information content (AvgIpc) is 3.24. The van der Waals surface area contributed by atoms with Crippen LogP contribution in [0.2, 0.25) is 0 Å². The number of pyridine rings is 1. The van der Waals surface area contributed by atoms with E-state index >= 15 is 0 Å². The molecule has 0 unspecified atom stereocenters. The Hall–Kier alpha value is -2.99. The van der Waals surface area contributed by atoms with E-state index in [-0.39, 0.29) is 11.5 Å². The quantitative estimate of drug-likeness (QED) is 0.458. The Morgan fingerprint density at radius 1 is 1.07 bits per heavy atom. The highest BCUT2D eigenvalue weighted by atomic mass is 79.9. The standard InChI is InChI=1S/C24H19BrFNO3/c25-16-9-12-23(30-14-15-7-10-17(26)11-8-15)20(13-16)18-3-1-4-19(18)21-5-2-6-22(27-21)24(28)29/h2,5-13H,1,3-4,14H2,(H,28,29). The Morgan fingerprint density at radius 2 is 1.83 bits per heavy atom. The molecule has 0 bridgehead atoms. The van der Waals surface area contributed by atoms with Crippen molar-refractivity contribution in [3.8, 4) is 5.75 Å². The van der Waals surface area contributed by atoms with E-state index in [1.807, 2.05) is 24.3 Å². The van der Waals surface area contributed by atoms with Gasteiger partial charge in [-0.3, -0.25) is 0 Å². The molecular formula is C24H19BrFNO3. The Balaban J connectivity index is 1.70. The summed E-state index contributed by atoms with van der Waals surface area (Å²) in [4.78, 5) is 15.7. The zero-order valence-electron chi connectivity index (χ0n) is 16.1. The molecule has 0 aliphatic heterocycles. The summed E-state index contributed by atoms with van der Waals surface area (Å²) in [6.07, 6.45) is 2.65. The van der Waals surface area contributed by atoms with Crippen LogP contribution in [0.25, 0.3) is 11.1 Å². The average molecular weight is 468 g/mol.